The number of para-hydroxylation sites is 1. The molecule has 3 aromatic rings. The summed E-state index contributed by atoms with van der Waals surface area (Å²) in [5.41, 5.74) is 1.08. The largest absolute Gasteiger partial charge is 0.496 e. The van der Waals surface area contributed by atoms with Crippen LogP contribution in [0.5, 0.6) is 5.75 Å². The first-order chi connectivity index (χ1) is 13.2. The highest BCUT2D eigenvalue weighted by Gasteiger charge is 2.51. The molecule has 1 aliphatic heterocycles. The maximum absolute atomic E-state index is 12.5. The molecule has 28 heavy (non-hydrogen) atoms. The molecule has 0 unspecified atom stereocenters. The number of hydrogen-bond acceptors (Lipinski definition) is 5. The van der Waals surface area contributed by atoms with Crippen molar-refractivity contribution in [2.45, 2.75) is 38.9 Å². The number of aromatic amines is 1. The molecular formula is C21H23BN2O4. The maximum Gasteiger partial charge on any atom is 0.494 e. The topological polar surface area (TPSA) is 73.4 Å². The van der Waals surface area contributed by atoms with E-state index in [2.05, 4.69) is 9.97 Å². The molecule has 0 radical (unpaired) electrons. The van der Waals surface area contributed by atoms with E-state index in [1.165, 1.54) is 0 Å². The molecule has 1 N–H and O–H groups in total. The van der Waals surface area contributed by atoms with E-state index in [0.717, 1.165) is 5.46 Å². The lowest BCUT2D eigenvalue weighted by atomic mass is 9.78. The summed E-state index contributed by atoms with van der Waals surface area (Å²) in [5.74, 6) is 1.05. The number of ether oxygens (including phenoxy) is 1. The SMILES string of the molecule is COc1ccc(B2OC(C)(C)C(C)(C)O2)cc1-c1nc2ccccc2c(=O)[nH]1. The molecule has 0 atom stereocenters. The number of nitrogens with zero attached hydrogens (tertiary/aromatic N) is 1. The van der Waals surface area contributed by atoms with Crippen LogP contribution in [0.3, 0.4) is 0 Å². The maximum atomic E-state index is 12.5. The summed E-state index contributed by atoms with van der Waals surface area (Å²) in [6, 6.07) is 12.9. The van der Waals surface area contributed by atoms with Gasteiger partial charge in [-0.15, -0.1) is 0 Å². The molecule has 0 aliphatic carbocycles. The number of fused-ring (bicyclic) bond motifs is 1. The summed E-state index contributed by atoms with van der Waals surface area (Å²) in [6.07, 6.45) is 0. The quantitative estimate of drug-likeness (QED) is 0.710. The van der Waals surface area contributed by atoms with Crippen LogP contribution >= 0.6 is 0 Å². The van der Waals surface area contributed by atoms with E-state index < -0.39 is 18.3 Å². The van der Waals surface area contributed by atoms with Crippen molar-refractivity contribution < 1.29 is 14.0 Å². The Bertz CT molecular complexity index is 1090. The van der Waals surface area contributed by atoms with Gasteiger partial charge in [0, 0.05) is 0 Å². The van der Waals surface area contributed by atoms with Crippen molar-refractivity contribution in [1.29, 1.82) is 0 Å². The van der Waals surface area contributed by atoms with Gasteiger partial charge in [-0.2, -0.15) is 0 Å². The van der Waals surface area contributed by atoms with Crippen LogP contribution in [0.15, 0.2) is 47.3 Å². The molecule has 2 aromatic carbocycles. The molecule has 1 fully saturated rings. The molecule has 1 aliphatic rings. The second-order valence-electron chi connectivity index (χ2n) is 7.98. The van der Waals surface area contributed by atoms with Crippen LogP contribution in [0.1, 0.15) is 27.7 Å². The summed E-state index contributed by atoms with van der Waals surface area (Å²) >= 11 is 0. The van der Waals surface area contributed by atoms with E-state index >= 15 is 0 Å². The second-order valence-corrected chi connectivity index (χ2v) is 7.98. The lowest BCUT2D eigenvalue weighted by molar-refractivity contribution is 0.00578. The summed E-state index contributed by atoms with van der Waals surface area (Å²) in [5, 5.41) is 0.548. The van der Waals surface area contributed by atoms with Crippen molar-refractivity contribution in [3.63, 3.8) is 0 Å². The van der Waals surface area contributed by atoms with Gasteiger partial charge in [-0.25, -0.2) is 4.98 Å². The Balaban J connectivity index is 1.82. The number of rotatable bonds is 3. The van der Waals surface area contributed by atoms with Crippen molar-refractivity contribution in [2.24, 2.45) is 0 Å². The second kappa shape index (κ2) is 6.46. The fourth-order valence-electron chi connectivity index (χ4n) is 3.25. The van der Waals surface area contributed by atoms with E-state index in [0.29, 0.717) is 28.0 Å². The minimum absolute atomic E-state index is 0.191. The molecule has 6 nitrogen and oxygen atoms in total. The predicted octanol–water partition coefficient (Wildman–Crippen LogP) is 2.90. The van der Waals surface area contributed by atoms with Crippen molar-refractivity contribution >= 4 is 23.5 Å². The average molecular weight is 378 g/mol. The van der Waals surface area contributed by atoms with Gasteiger partial charge in [-0.05, 0) is 57.4 Å². The number of nitrogens with one attached hydrogen (secondary N) is 1. The van der Waals surface area contributed by atoms with Gasteiger partial charge in [0.15, 0.2) is 0 Å². The normalized spacial score (nSPS) is 17.8. The number of H-pyrrole nitrogens is 1. The fourth-order valence-corrected chi connectivity index (χ4v) is 3.25. The van der Waals surface area contributed by atoms with Crippen molar-refractivity contribution in [2.75, 3.05) is 7.11 Å². The predicted molar refractivity (Wildman–Crippen MR) is 110 cm³/mol. The molecule has 0 bridgehead atoms. The molecular weight excluding hydrogens is 355 g/mol. The summed E-state index contributed by atoms with van der Waals surface area (Å²) < 4.78 is 17.8. The van der Waals surface area contributed by atoms with Crippen molar-refractivity contribution in [3.05, 3.63) is 52.8 Å². The first-order valence-electron chi connectivity index (χ1n) is 9.25. The highest BCUT2D eigenvalue weighted by atomic mass is 16.7. The molecule has 0 spiro atoms. The van der Waals surface area contributed by atoms with Gasteiger partial charge in [0.05, 0.1) is 34.8 Å². The van der Waals surface area contributed by atoms with Gasteiger partial charge in [0.25, 0.3) is 5.56 Å². The summed E-state index contributed by atoms with van der Waals surface area (Å²) in [6.45, 7) is 8.05. The van der Waals surface area contributed by atoms with Crippen LogP contribution in [-0.2, 0) is 9.31 Å². The van der Waals surface area contributed by atoms with Gasteiger partial charge in [-0.3, -0.25) is 4.79 Å². The first-order valence-corrected chi connectivity index (χ1v) is 9.25. The number of benzene rings is 2. The van der Waals surface area contributed by atoms with Gasteiger partial charge in [0.1, 0.15) is 11.6 Å². The fraction of sp³-hybridized carbons (Fsp3) is 0.333. The van der Waals surface area contributed by atoms with Gasteiger partial charge < -0.3 is 19.0 Å². The minimum atomic E-state index is -0.512. The molecule has 1 saturated heterocycles. The van der Waals surface area contributed by atoms with Crippen LogP contribution in [0.25, 0.3) is 22.3 Å². The van der Waals surface area contributed by atoms with Crippen LogP contribution in [0, 0.1) is 0 Å². The highest BCUT2D eigenvalue weighted by Crippen LogP contribution is 2.37. The smallest absolute Gasteiger partial charge is 0.494 e. The molecule has 4 rings (SSSR count). The van der Waals surface area contributed by atoms with E-state index in [1.54, 1.807) is 13.2 Å². The van der Waals surface area contributed by atoms with Crippen LogP contribution in [0.2, 0.25) is 0 Å². The Hall–Kier alpha value is -2.64. The summed E-state index contributed by atoms with van der Waals surface area (Å²) in [7, 11) is 1.08. The Kier molecular flexibility index (Phi) is 4.32. The lowest BCUT2D eigenvalue weighted by Crippen LogP contribution is -2.41. The van der Waals surface area contributed by atoms with Gasteiger partial charge in [-0.1, -0.05) is 18.2 Å². The van der Waals surface area contributed by atoms with E-state index in [9.17, 15) is 4.79 Å². The third kappa shape index (κ3) is 3.00. The Morgan fingerprint density at radius 2 is 1.71 bits per heavy atom. The Labute approximate surface area is 164 Å². The van der Waals surface area contributed by atoms with Crippen molar-refractivity contribution in [3.8, 4) is 17.1 Å². The average Bonchev–Trinajstić information content (AvgIpc) is 2.88. The third-order valence-electron chi connectivity index (χ3n) is 5.62. The molecule has 7 heteroatoms. The van der Waals surface area contributed by atoms with Crippen LogP contribution in [-0.4, -0.2) is 35.4 Å². The zero-order valence-electron chi connectivity index (χ0n) is 16.7. The third-order valence-corrected chi connectivity index (χ3v) is 5.62. The molecule has 1 aromatic heterocycles. The van der Waals surface area contributed by atoms with Gasteiger partial charge >= 0.3 is 7.12 Å². The number of methoxy groups -OCH3 is 1. The van der Waals surface area contributed by atoms with Crippen molar-refractivity contribution in [1.82, 2.24) is 9.97 Å². The van der Waals surface area contributed by atoms with E-state index in [-0.39, 0.29) is 5.56 Å². The van der Waals surface area contributed by atoms with Gasteiger partial charge in [0.2, 0.25) is 0 Å². The Morgan fingerprint density at radius 1 is 1.04 bits per heavy atom. The monoisotopic (exact) mass is 378 g/mol. The summed E-state index contributed by atoms with van der Waals surface area (Å²) in [4.78, 5) is 20.0. The lowest BCUT2D eigenvalue weighted by Gasteiger charge is -2.32. The molecule has 2 heterocycles. The van der Waals surface area contributed by atoms with Crippen LogP contribution in [0.4, 0.5) is 0 Å². The Morgan fingerprint density at radius 3 is 2.39 bits per heavy atom. The molecule has 0 saturated carbocycles. The first kappa shape index (κ1) is 18.7. The number of hydrogen-bond donors (Lipinski definition) is 1. The standard InChI is InChI=1S/C21H23BN2O4/c1-20(2)21(3,4)28-22(27-20)13-10-11-17(26-5)15(12-13)18-23-16-9-7-6-8-14(16)19(25)24-18/h6-12H,1-5H3,(H,23,24,25). The van der Waals surface area contributed by atoms with E-state index in [1.807, 2.05) is 64.1 Å². The van der Waals surface area contributed by atoms with E-state index in [4.69, 9.17) is 14.0 Å². The molecule has 0 amide bonds. The van der Waals surface area contributed by atoms with Crippen LogP contribution < -0.4 is 15.8 Å². The zero-order valence-corrected chi connectivity index (χ0v) is 16.7. The highest BCUT2D eigenvalue weighted by molar-refractivity contribution is 6.62. The number of aromatic nitrogens is 2. The molecule has 144 valence electrons. The minimum Gasteiger partial charge on any atom is -0.496 e. The zero-order chi connectivity index (χ0) is 20.1.